The number of aryl methyl sites for hydroxylation is 2. The maximum absolute atomic E-state index is 11.0. The van der Waals surface area contributed by atoms with E-state index in [0.29, 0.717) is 0 Å². The van der Waals surface area contributed by atoms with Crippen LogP contribution in [0.4, 0.5) is 0 Å². The van der Waals surface area contributed by atoms with E-state index in [-0.39, 0.29) is 5.41 Å². The molecule has 1 aromatic carbocycles. The Morgan fingerprint density at radius 3 is 2.78 bits per heavy atom. The van der Waals surface area contributed by atoms with E-state index in [2.05, 4.69) is 42.7 Å². The molecule has 1 aromatic heterocycles. The van der Waals surface area contributed by atoms with Crippen LogP contribution in [0.3, 0.4) is 0 Å². The third-order valence-electron chi connectivity index (χ3n) is 5.78. The fourth-order valence-corrected chi connectivity index (χ4v) is 4.49. The number of nitrogens with zero attached hydrogens (tertiary/aromatic N) is 2. The summed E-state index contributed by atoms with van der Waals surface area (Å²) in [6.07, 6.45) is 6.82. The first kappa shape index (κ1) is 16.1. The maximum Gasteiger partial charge on any atom is 0.209 e. The van der Waals surface area contributed by atoms with Gasteiger partial charge in [-0.05, 0) is 50.7 Å². The molecule has 3 heteroatoms. The minimum atomic E-state index is 0.208. The van der Waals surface area contributed by atoms with Crippen LogP contribution in [0.5, 0.6) is 0 Å². The zero-order valence-corrected chi connectivity index (χ0v) is 14.6. The molecule has 0 radical (unpaired) electrons. The summed E-state index contributed by atoms with van der Waals surface area (Å²) in [5, 5.41) is 1.44. The van der Waals surface area contributed by atoms with Gasteiger partial charge in [0.05, 0.1) is 0 Å². The largest absolute Gasteiger partial charge is 0.348 e. The molecule has 2 aromatic rings. The van der Waals surface area contributed by atoms with Crippen molar-refractivity contribution >= 4 is 17.3 Å². The van der Waals surface area contributed by atoms with Crippen LogP contribution in [0, 0.1) is 0 Å². The lowest BCUT2D eigenvalue weighted by atomic mass is 9.69. The molecule has 0 bridgehead atoms. The molecule has 3 nitrogen and oxygen atoms in total. The Bertz CT molecular complexity index is 670. The number of carbonyl (C=O) groups excluding carboxylic acids is 1. The van der Waals surface area contributed by atoms with E-state index < -0.39 is 0 Å². The lowest BCUT2D eigenvalue weighted by molar-refractivity contribution is -0.117. The topological polar surface area (TPSA) is 25.2 Å². The van der Waals surface area contributed by atoms with Gasteiger partial charge in [-0.15, -0.1) is 0 Å². The summed E-state index contributed by atoms with van der Waals surface area (Å²) in [5.41, 5.74) is 4.70. The standard InChI is InChI=1S/C20H28N2O/c1-4-20(13-14-21(3)15-23)12-8-10-17-16-9-6-7-11-18(16)22(5-2)19(17)20/h6-7,9,11,15H,4-5,8,10,12-14H2,1-3H3. The SMILES string of the molecule is CCn1c2c(c3ccccc31)CCCC2(CC)CCN(C)C=O. The summed E-state index contributed by atoms with van der Waals surface area (Å²) in [5.74, 6) is 0. The fraction of sp³-hybridized carbons (Fsp3) is 0.550. The molecule has 0 aliphatic heterocycles. The van der Waals surface area contributed by atoms with Crippen molar-refractivity contribution in [2.24, 2.45) is 0 Å². The Hall–Kier alpha value is -1.77. The van der Waals surface area contributed by atoms with Crippen LogP contribution >= 0.6 is 0 Å². The Morgan fingerprint density at radius 1 is 1.30 bits per heavy atom. The van der Waals surface area contributed by atoms with Crippen molar-refractivity contribution in [1.29, 1.82) is 0 Å². The lowest BCUT2D eigenvalue weighted by Crippen LogP contribution is -2.36. The number of carbonyl (C=O) groups is 1. The van der Waals surface area contributed by atoms with Gasteiger partial charge in [-0.1, -0.05) is 25.1 Å². The van der Waals surface area contributed by atoms with Gasteiger partial charge in [0.25, 0.3) is 0 Å². The van der Waals surface area contributed by atoms with E-state index in [0.717, 1.165) is 32.3 Å². The highest BCUT2D eigenvalue weighted by atomic mass is 16.1. The molecule has 1 amide bonds. The van der Waals surface area contributed by atoms with Crippen LogP contribution in [0.1, 0.15) is 50.8 Å². The molecule has 0 saturated heterocycles. The molecule has 0 N–H and O–H groups in total. The number of aromatic nitrogens is 1. The Morgan fingerprint density at radius 2 is 2.09 bits per heavy atom. The highest BCUT2D eigenvalue weighted by Gasteiger charge is 2.39. The van der Waals surface area contributed by atoms with Crippen molar-refractivity contribution in [3.05, 3.63) is 35.5 Å². The first-order valence-electron chi connectivity index (χ1n) is 8.93. The molecule has 1 aliphatic rings. The zero-order chi connectivity index (χ0) is 16.4. The predicted octanol–water partition coefficient (Wildman–Crippen LogP) is 4.12. The summed E-state index contributed by atoms with van der Waals surface area (Å²) in [6.45, 7) is 6.41. The molecule has 1 aliphatic carbocycles. The van der Waals surface area contributed by atoms with Crippen molar-refractivity contribution in [3.63, 3.8) is 0 Å². The highest BCUT2D eigenvalue weighted by Crippen LogP contribution is 2.46. The molecule has 23 heavy (non-hydrogen) atoms. The molecule has 0 spiro atoms. The van der Waals surface area contributed by atoms with Gasteiger partial charge in [0.1, 0.15) is 0 Å². The molecule has 0 fully saturated rings. The fourth-order valence-electron chi connectivity index (χ4n) is 4.49. The van der Waals surface area contributed by atoms with Crippen LogP contribution in [0.25, 0.3) is 10.9 Å². The van der Waals surface area contributed by atoms with E-state index in [1.807, 2.05) is 7.05 Å². The van der Waals surface area contributed by atoms with Gasteiger partial charge < -0.3 is 9.47 Å². The third-order valence-corrected chi connectivity index (χ3v) is 5.78. The average Bonchev–Trinajstić information content (AvgIpc) is 2.94. The van der Waals surface area contributed by atoms with Gasteiger partial charge in [-0.3, -0.25) is 4.79 Å². The molecule has 124 valence electrons. The lowest BCUT2D eigenvalue weighted by Gasteiger charge is -2.39. The summed E-state index contributed by atoms with van der Waals surface area (Å²) >= 11 is 0. The maximum atomic E-state index is 11.0. The summed E-state index contributed by atoms with van der Waals surface area (Å²) in [6, 6.07) is 8.84. The number of hydrogen-bond donors (Lipinski definition) is 0. The summed E-state index contributed by atoms with van der Waals surface area (Å²) < 4.78 is 2.54. The monoisotopic (exact) mass is 312 g/mol. The Balaban J connectivity index is 2.14. The van der Waals surface area contributed by atoms with Gasteiger partial charge in [-0.25, -0.2) is 0 Å². The molecule has 1 unspecified atom stereocenters. The van der Waals surface area contributed by atoms with E-state index >= 15 is 0 Å². The second-order valence-electron chi connectivity index (χ2n) is 6.91. The molecular formula is C20H28N2O. The highest BCUT2D eigenvalue weighted by molar-refractivity contribution is 5.86. The van der Waals surface area contributed by atoms with Gasteiger partial charge in [0.2, 0.25) is 6.41 Å². The number of rotatable bonds is 6. The van der Waals surface area contributed by atoms with Crippen LogP contribution in [0.15, 0.2) is 24.3 Å². The predicted molar refractivity (Wildman–Crippen MR) is 95.8 cm³/mol. The quantitative estimate of drug-likeness (QED) is 0.736. The minimum Gasteiger partial charge on any atom is -0.348 e. The average molecular weight is 312 g/mol. The molecule has 0 saturated carbocycles. The molecule has 1 atom stereocenters. The van der Waals surface area contributed by atoms with Crippen molar-refractivity contribution < 1.29 is 4.79 Å². The van der Waals surface area contributed by atoms with Crippen molar-refractivity contribution in [3.8, 4) is 0 Å². The van der Waals surface area contributed by atoms with Gasteiger partial charge in [0.15, 0.2) is 0 Å². The first-order chi connectivity index (χ1) is 11.2. The number of hydrogen-bond acceptors (Lipinski definition) is 1. The molecular weight excluding hydrogens is 284 g/mol. The molecule has 3 rings (SSSR count). The third kappa shape index (κ3) is 2.56. The summed E-state index contributed by atoms with van der Waals surface area (Å²) in [7, 11) is 1.88. The van der Waals surface area contributed by atoms with Crippen molar-refractivity contribution in [1.82, 2.24) is 9.47 Å². The van der Waals surface area contributed by atoms with E-state index in [1.54, 1.807) is 16.2 Å². The Kier molecular flexibility index (Phi) is 4.47. The van der Waals surface area contributed by atoms with Crippen LogP contribution in [-0.2, 0) is 23.2 Å². The number of para-hydroxylation sites is 1. The van der Waals surface area contributed by atoms with Crippen LogP contribution in [0.2, 0.25) is 0 Å². The first-order valence-corrected chi connectivity index (χ1v) is 8.93. The molecule has 1 heterocycles. The van der Waals surface area contributed by atoms with E-state index in [1.165, 1.54) is 30.2 Å². The number of benzene rings is 1. The van der Waals surface area contributed by atoms with E-state index in [4.69, 9.17) is 0 Å². The van der Waals surface area contributed by atoms with Crippen molar-refractivity contribution in [2.45, 2.75) is 57.9 Å². The number of fused-ring (bicyclic) bond motifs is 3. The second kappa shape index (κ2) is 6.38. The van der Waals surface area contributed by atoms with Gasteiger partial charge in [0, 0.05) is 42.1 Å². The van der Waals surface area contributed by atoms with Crippen molar-refractivity contribution in [2.75, 3.05) is 13.6 Å². The second-order valence-corrected chi connectivity index (χ2v) is 6.91. The van der Waals surface area contributed by atoms with Gasteiger partial charge in [-0.2, -0.15) is 0 Å². The normalized spacial score (nSPS) is 20.5. The van der Waals surface area contributed by atoms with Gasteiger partial charge >= 0.3 is 0 Å². The minimum absolute atomic E-state index is 0.208. The van der Waals surface area contributed by atoms with Crippen LogP contribution in [-0.4, -0.2) is 29.5 Å². The van der Waals surface area contributed by atoms with Crippen LogP contribution < -0.4 is 0 Å². The van der Waals surface area contributed by atoms with E-state index in [9.17, 15) is 4.79 Å². The summed E-state index contributed by atoms with van der Waals surface area (Å²) in [4.78, 5) is 12.8. The zero-order valence-electron chi connectivity index (χ0n) is 14.6. The smallest absolute Gasteiger partial charge is 0.209 e. The number of amides is 1. The Labute approximate surface area is 139 Å².